The van der Waals surface area contributed by atoms with Crippen LogP contribution in [0, 0.1) is 5.92 Å². The Labute approximate surface area is 150 Å². The van der Waals surface area contributed by atoms with Gasteiger partial charge in [-0.25, -0.2) is 9.97 Å². The molecule has 5 heteroatoms. The number of carbonyl (C=O) groups excluding carboxylic acids is 1. The summed E-state index contributed by atoms with van der Waals surface area (Å²) in [5.74, 6) is 0.898. The largest absolute Gasteiger partial charge is 0.354 e. The van der Waals surface area contributed by atoms with E-state index in [2.05, 4.69) is 48.3 Å². The predicted molar refractivity (Wildman–Crippen MR) is 103 cm³/mol. The molecule has 0 atom stereocenters. The highest BCUT2D eigenvalue weighted by molar-refractivity contribution is 6.03. The van der Waals surface area contributed by atoms with E-state index in [-0.39, 0.29) is 5.91 Å². The Morgan fingerprint density at radius 3 is 2.40 bits per heavy atom. The first-order valence-corrected chi connectivity index (χ1v) is 9.04. The van der Waals surface area contributed by atoms with Gasteiger partial charge < -0.3 is 10.6 Å². The maximum absolute atomic E-state index is 12.7. The first-order valence-electron chi connectivity index (χ1n) is 9.04. The number of nitrogens with one attached hydrogen (secondary N) is 2. The maximum Gasteiger partial charge on any atom is 0.274 e. The summed E-state index contributed by atoms with van der Waals surface area (Å²) >= 11 is 0. The van der Waals surface area contributed by atoms with E-state index >= 15 is 0 Å². The second-order valence-electron chi connectivity index (χ2n) is 6.49. The fraction of sp³-hybridized carbons (Fsp3) is 0.450. The first-order chi connectivity index (χ1) is 12.0. The van der Waals surface area contributed by atoms with Crippen molar-refractivity contribution in [3.8, 4) is 0 Å². The Morgan fingerprint density at radius 1 is 1.12 bits per heavy atom. The molecule has 0 unspecified atom stereocenters. The molecule has 25 heavy (non-hydrogen) atoms. The van der Waals surface area contributed by atoms with Crippen LogP contribution in [0.25, 0.3) is 0 Å². The summed E-state index contributed by atoms with van der Waals surface area (Å²) in [5, 5.41) is 6.22. The van der Waals surface area contributed by atoms with E-state index in [1.165, 1.54) is 0 Å². The summed E-state index contributed by atoms with van der Waals surface area (Å²) in [5.41, 5.74) is 3.55. The van der Waals surface area contributed by atoms with E-state index in [4.69, 9.17) is 0 Å². The van der Waals surface area contributed by atoms with E-state index in [9.17, 15) is 4.79 Å². The van der Waals surface area contributed by atoms with Gasteiger partial charge in [-0.2, -0.15) is 0 Å². The van der Waals surface area contributed by atoms with Gasteiger partial charge in [0.2, 0.25) is 5.95 Å². The van der Waals surface area contributed by atoms with Gasteiger partial charge in [0, 0.05) is 18.4 Å². The maximum atomic E-state index is 12.7. The molecule has 2 aromatic rings. The molecule has 2 rings (SSSR count). The third-order valence-corrected chi connectivity index (χ3v) is 4.13. The summed E-state index contributed by atoms with van der Waals surface area (Å²) in [6, 6.07) is 7.78. The summed E-state index contributed by atoms with van der Waals surface area (Å²) in [4.78, 5) is 21.2. The van der Waals surface area contributed by atoms with Crippen molar-refractivity contribution >= 4 is 17.5 Å². The summed E-state index contributed by atoms with van der Waals surface area (Å²) in [7, 11) is 0. The fourth-order valence-electron chi connectivity index (χ4n) is 2.62. The number of hydrogen-bond donors (Lipinski definition) is 2. The highest BCUT2D eigenvalue weighted by atomic mass is 16.1. The molecule has 134 valence electrons. The molecule has 2 N–H and O–H groups in total. The molecule has 0 aliphatic heterocycles. The standard InChI is InChI=1S/C20H28N4O/c1-5-15-8-7-9-16(6-2)18(15)24-19(25)17-11-13-22-20(23-17)21-12-10-14(3)4/h7-9,11,13-14H,5-6,10,12H2,1-4H3,(H,24,25)(H,21,22,23). The normalized spacial score (nSPS) is 10.8. The van der Waals surface area contributed by atoms with E-state index < -0.39 is 0 Å². The van der Waals surface area contributed by atoms with E-state index in [1.807, 2.05) is 18.2 Å². The number of amides is 1. The van der Waals surface area contributed by atoms with Crippen molar-refractivity contribution in [2.24, 2.45) is 5.92 Å². The number of hydrogen-bond acceptors (Lipinski definition) is 4. The van der Waals surface area contributed by atoms with Crippen molar-refractivity contribution < 1.29 is 4.79 Å². The Kier molecular flexibility index (Phi) is 6.92. The smallest absolute Gasteiger partial charge is 0.274 e. The average Bonchev–Trinajstić information content (AvgIpc) is 2.61. The zero-order valence-corrected chi connectivity index (χ0v) is 15.6. The molecule has 1 heterocycles. The number of carbonyl (C=O) groups is 1. The zero-order chi connectivity index (χ0) is 18.2. The molecule has 1 aromatic heterocycles. The van der Waals surface area contributed by atoms with Crippen LogP contribution < -0.4 is 10.6 Å². The molecule has 0 aliphatic carbocycles. The zero-order valence-electron chi connectivity index (χ0n) is 15.6. The number of benzene rings is 1. The third kappa shape index (κ3) is 5.28. The second-order valence-corrected chi connectivity index (χ2v) is 6.49. The predicted octanol–water partition coefficient (Wildman–Crippen LogP) is 4.31. The van der Waals surface area contributed by atoms with Crippen LogP contribution in [0.3, 0.4) is 0 Å². The average molecular weight is 340 g/mol. The Hall–Kier alpha value is -2.43. The van der Waals surface area contributed by atoms with Gasteiger partial charge in [-0.15, -0.1) is 0 Å². The van der Waals surface area contributed by atoms with Gasteiger partial charge in [0.1, 0.15) is 5.69 Å². The Morgan fingerprint density at radius 2 is 1.80 bits per heavy atom. The molecule has 0 radical (unpaired) electrons. The minimum Gasteiger partial charge on any atom is -0.354 e. The molecule has 0 aliphatic rings. The van der Waals surface area contributed by atoms with Crippen LogP contribution >= 0.6 is 0 Å². The first kappa shape index (κ1) is 18.9. The molecule has 1 amide bonds. The van der Waals surface area contributed by atoms with Gasteiger partial charge in [-0.3, -0.25) is 4.79 Å². The van der Waals surface area contributed by atoms with Crippen molar-refractivity contribution in [2.45, 2.75) is 47.0 Å². The van der Waals surface area contributed by atoms with Crippen LogP contribution in [0.1, 0.15) is 55.7 Å². The van der Waals surface area contributed by atoms with Crippen molar-refractivity contribution in [3.05, 3.63) is 47.3 Å². The molecule has 1 aromatic carbocycles. The number of aryl methyl sites for hydroxylation is 2. The summed E-state index contributed by atoms with van der Waals surface area (Å²) in [6.07, 6.45) is 4.39. The number of para-hydroxylation sites is 1. The minimum absolute atomic E-state index is 0.204. The van der Waals surface area contributed by atoms with Gasteiger partial charge in [0.25, 0.3) is 5.91 Å². The lowest BCUT2D eigenvalue weighted by Crippen LogP contribution is -2.17. The third-order valence-electron chi connectivity index (χ3n) is 4.13. The van der Waals surface area contributed by atoms with Crippen LogP contribution in [-0.2, 0) is 12.8 Å². The Bertz CT molecular complexity index is 690. The number of rotatable bonds is 8. The van der Waals surface area contributed by atoms with E-state index in [0.717, 1.165) is 42.6 Å². The molecule has 0 saturated carbocycles. The van der Waals surface area contributed by atoms with Crippen LogP contribution in [-0.4, -0.2) is 22.4 Å². The van der Waals surface area contributed by atoms with E-state index in [1.54, 1.807) is 12.3 Å². The van der Waals surface area contributed by atoms with Crippen molar-refractivity contribution in [1.82, 2.24) is 9.97 Å². The van der Waals surface area contributed by atoms with Gasteiger partial charge in [-0.05, 0) is 42.4 Å². The molecule has 0 bridgehead atoms. The summed E-state index contributed by atoms with van der Waals surface area (Å²) in [6.45, 7) is 9.31. The molecular weight excluding hydrogens is 312 g/mol. The highest BCUT2D eigenvalue weighted by Gasteiger charge is 2.13. The number of aromatic nitrogens is 2. The van der Waals surface area contributed by atoms with Crippen LogP contribution in [0.2, 0.25) is 0 Å². The van der Waals surface area contributed by atoms with Gasteiger partial charge in [0.05, 0.1) is 0 Å². The Balaban J connectivity index is 2.14. The van der Waals surface area contributed by atoms with Gasteiger partial charge in [-0.1, -0.05) is 45.9 Å². The summed E-state index contributed by atoms with van der Waals surface area (Å²) < 4.78 is 0. The van der Waals surface area contributed by atoms with E-state index in [0.29, 0.717) is 17.6 Å². The monoisotopic (exact) mass is 340 g/mol. The molecule has 0 fully saturated rings. The molecule has 0 saturated heterocycles. The molecule has 5 nitrogen and oxygen atoms in total. The second kappa shape index (κ2) is 9.16. The van der Waals surface area contributed by atoms with Gasteiger partial charge in [0.15, 0.2) is 0 Å². The molecular formula is C20H28N4O. The van der Waals surface area contributed by atoms with Gasteiger partial charge >= 0.3 is 0 Å². The van der Waals surface area contributed by atoms with Crippen LogP contribution in [0.5, 0.6) is 0 Å². The number of anilines is 2. The van der Waals surface area contributed by atoms with Crippen molar-refractivity contribution in [1.29, 1.82) is 0 Å². The number of nitrogens with zero attached hydrogens (tertiary/aromatic N) is 2. The SMILES string of the molecule is CCc1cccc(CC)c1NC(=O)c1ccnc(NCCC(C)C)n1. The van der Waals surface area contributed by atoms with Crippen molar-refractivity contribution in [3.63, 3.8) is 0 Å². The lowest BCUT2D eigenvalue weighted by molar-refractivity contribution is 0.102. The minimum atomic E-state index is -0.204. The molecule has 0 spiro atoms. The van der Waals surface area contributed by atoms with Crippen LogP contribution in [0.4, 0.5) is 11.6 Å². The van der Waals surface area contributed by atoms with Crippen molar-refractivity contribution in [2.75, 3.05) is 17.2 Å². The lowest BCUT2D eigenvalue weighted by Gasteiger charge is -2.14. The van der Waals surface area contributed by atoms with Crippen LogP contribution in [0.15, 0.2) is 30.5 Å². The highest BCUT2D eigenvalue weighted by Crippen LogP contribution is 2.23. The topological polar surface area (TPSA) is 66.9 Å². The fourth-order valence-corrected chi connectivity index (χ4v) is 2.62. The lowest BCUT2D eigenvalue weighted by atomic mass is 10.0. The quantitative estimate of drug-likeness (QED) is 0.751.